The average Bonchev–Trinajstić information content (AvgIpc) is 2.75. The minimum Gasteiger partial charge on any atom is -0.405 e. The van der Waals surface area contributed by atoms with Gasteiger partial charge in [0.05, 0.1) is 13.2 Å². The summed E-state index contributed by atoms with van der Waals surface area (Å²) in [6, 6.07) is 14.4. The Morgan fingerprint density at radius 3 is 2.28 bits per heavy atom. The number of hydrogen-bond acceptors (Lipinski definition) is 4. The topological polar surface area (TPSA) is 58.1 Å². The van der Waals surface area contributed by atoms with Crippen molar-refractivity contribution in [2.75, 3.05) is 33.4 Å². The number of aliphatic imine (C=N–C) groups is 1. The van der Waals surface area contributed by atoms with Crippen molar-refractivity contribution in [3.8, 4) is 5.75 Å². The zero-order valence-electron chi connectivity index (χ0n) is 17.8. The van der Waals surface area contributed by atoms with Crippen LogP contribution in [0, 0.1) is 0 Å². The molecule has 6 nitrogen and oxygen atoms in total. The van der Waals surface area contributed by atoms with Crippen LogP contribution in [-0.2, 0) is 24.4 Å². The SMILES string of the molecule is CN=C(NCc1ccc(CN2CCOCC2)cc1)NCc1ccccc1OC(F)(F)F.I. The largest absolute Gasteiger partial charge is 0.573 e. The minimum absolute atomic E-state index is 0. The van der Waals surface area contributed by atoms with Crippen LogP contribution in [0.25, 0.3) is 0 Å². The molecule has 0 bridgehead atoms. The highest BCUT2D eigenvalue weighted by molar-refractivity contribution is 14.0. The first-order valence-electron chi connectivity index (χ1n) is 10.1. The Morgan fingerprint density at radius 1 is 1.00 bits per heavy atom. The van der Waals surface area contributed by atoms with Crippen LogP contribution in [0.1, 0.15) is 16.7 Å². The van der Waals surface area contributed by atoms with E-state index in [1.807, 2.05) is 0 Å². The second-order valence-corrected chi connectivity index (χ2v) is 7.14. The zero-order valence-corrected chi connectivity index (χ0v) is 20.2. The van der Waals surface area contributed by atoms with Gasteiger partial charge >= 0.3 is 6.36 Å². The first-order chi connectivity index (χ1) is 14.9. The van der Waals surface area contributed by atoms with E-state index in [4.69, 9.17) is 4.74 Å². The molecule has 32 heavy (non-hydrogen) atoms. The number of ether oxygens (including phenoxy) is 2. The number of nitrogens with one attached hydrogen (secondary N) is 2. The molecule has 1 heterocycles. The van der Waals surface area contributed by atoms with E-state index in [2.05, 4.69) is 49.5 Å². The molecule has 2 aromatic carbocycles. The van der Waals surface area contributed by atoms with E-state index in [-0.39, 0.29) is 36.3 Å². The van der Waals surface area contributed by atoms with Crippen molar-refractivity contribution in [2.45, 2.75) is 26.0 Å². The predicted octanol–water partition coefficient (Wildman–Crippen LogP) is 3.90. The standard InChI is InChI=1S/C22H27F3N4O2.HI/c1-26-21(28-15-19-4-2-3-5-20(19)31-22(23,24)25)27-14-17-6-8-18(9-7-17)16-29-10-12-30-13-11-29;/h2-9H,10-16H2,1H3,(H2,26,27,28);1H. The molecule has 0 aromatic heterocycles. The third-order valence-electron chi connectivity index (χ3n) is 4.86. The maximum absolute atomic E-state index is 12.6. The summed E-state index contributed by atoms with van der Waals surface area (Å²) in [5.74, 6) is 0.257. The van der Waals surface area contributed by atoms with E-state index in [1.54, 1.807) is 19.2 Å². The number of halogens is 4. The molecular weight excluding hydrogens is 536 g/mol. The van der Waals surface area contributed by atoms with E-state index in [9.17, 15) is 13.2 Å². The van der Waals surface area contributed by atoms with Crippen molar-refractivity contribution in [2.24, 2.45) is 4.99 Å². The van der Waals surface area contributed by atoms with Gasteiger partial charge in [0.15, 0.2) is 5.96 Å². The molecule has 3 rings (SSSR count). The highest BCUT2D eigenvalue weighted by Crippen LogP contribution is 2.26. The lowest BCUT2D eigenvalue weighted by Gasteiger charge is -2.26. The van der Waals surface area contributed by atoms with E-state index >= 15 is 0 Å². The van der Waals surface area contributed by atoms with Crippen LogP contribution in [0.5, 0.6) is 5.75 Å². The van der Waals surface area contributed by atoms with E-state index in [0.717, 1.165) is 38.4 Å². The van der Waals surface area contributed by atoms with Crippen molar-refractivity contribution in [3.63, 3.8) is 0 Å². The van der Waals surface area contributed by atoms with Gasteiger partial charge in [-0.25, -0.2) is 0 Å². The number of guanidine groups is 1. The summed E-state index contributed by atoms with van der Waals surface area (Å²) in [6.45, 7) is 5.04. The predicted molar refractivity (Wildman–Crippen MR) is 128 cm³/mol. The summed E-state index contributed by atoms with van der Waals surface area (Å²) >= 11 is 0. The molecule has 0 radical (unpaired) electrons. The lowest BCUT2D eigenvalue weighted by atomic mass is 10.1. The van der Waals surface area contributed by atoms with Crippen molar-refractivity contribution in [1.82, 2.24) is 15.5 Å². The van der Waals surface area contributed by atoms with Crippen molar-refractivity contribution in [1.29, 1.82) is 0 Å². The Bertz CT molecular complexity index is 857. The van der Waals surface area contributed by atoms with Gasteiger partial charge in [0.2, 0.25) is 0 Å². The van der Waals surface area contributed by atoms with Crippen LogP contribution in [-0.4, -0.2) is 50.6 Å². The summed E-state index contributed by atoms with van der Waals surface area (Å²) < 4.78 is 47.2. The lowest BCUT2D eigenvalue weighted by molar-refractivity contribution is -0.274. The minimum atomic E-state index is -4.73. The van der Waals surface area contributed by atoms with Crippen molar-refractivity contribution >= 4 is 29.9 Å². The summed E-state index contributed by atoms with van der Waals surface area (Å²) in [5.41, 5.74) is 2.71. The van der Waals surface area contributed by atoms with Gasteiger partial charge in [0.1, 0.15) is 5.75 Å². The van der Waals surface area contributed by atoms with Crippen LogP contribution in [0.4, 0.5) is 13.2 Å². The molecule has 0 amide bonds. The highest BCUT2D eigenvalue weighted by Gasteiger charge is 2.31. The Hall–Kier alpha value is -2.05. The van der Waals surface area contributed by atoms with Gasteiger partial charge < -0.3 is 20.1 Å². The number of hydrogen-bond donors (Lipinski definition) is 2. The molecule has 0 saturated carbocycles. The number of alkyl halides is 3. The second-order valence-electron chi connectivity index (χ2n) is 7.14. The van der Waals surface area contributed by atoms with Crippen molar-refractivity contribution < 1.29 is 22.6 Å². The van der Waals surface area contributed by atoms with Gasteiger partial charge in [0.25, 0.3) is 0 Å². The number of para-hydroxylation sites is 1. The number of rotatable bonds is 7. The Kier molecular flexibility index (Phi) is 10.5. The first-order valence-corrected chi connectivity index (χ1v) is 10.1. The van der Waals surface area contributed by atoms with E-state index in [0.29, 0.717) is 18.1 Å². The molecule has 10 heteroatoms. The first kappa shape index (κ1) is 26.2. The highest BCUT2D eigenvalue weighted by atomic mass is 127. The Balaban J connectivity index is 0.00000363. The number of benzene rings is 2. The van der Waals surface area contributed by atoms with Gasteiger partial charge in [-0.1, -0.05) is 42.5 Å². The van der Waals surface area contributed by atoms with Crippen LogP contribution in [0.3, 0.4) is 0 Å². The fourth-order valence-electron chi connectivity index (χ4n) is 3.24. The molecule has 1 aliphatic heterocycles. The summed E-state index contributed by atoms with van der Waals surface area (Å²) in [7, 11) is 1.61. The maximum atomic E-state index is 12.6. The fraction of sp³-hybridized carbons (Fsp3) is 0.409. The van der Waals surface area contributed by atoms with Crippen LogP contribution >= 0.6 is 24.0 Å². The average molecular weight is 564 g/mol. The zero-order chi connectivity index (χ0) is 22.1. The molecule has 0 spiro atoms. The van der Waals surface area contributed by atoms with Crippen LogP contribution < -0.4 is 15.4 Å². The summed E-state index contributed by atoms with van der Waals surface area (Å²) in [6.07, 6.45) is -4.73. The monoisotopic (exact) mass is 564 g/mol. The quantitative estimate of drug-likeness (QED) is 0.304. The second kappa shape index (κ2) is 12.9. The molecule has 2 N–H and O–H groups in total. The maximum Gasteiger partial charge on any atom is 0.573 e. The Morgan fingerprint density at radius 2 is 1.62 bits per heavy atom. The smallest absolute Gasteiger partial charge is 0.405 e. The fourth-order valence-corrected chi connectivity index (χ4v) is 3.24. The number of morpholine rings is 1. The van der Waals surface area contributed by atoms with Gasteiger partial charge in [-0.05, 0) is 17.2 Å². The molecule has 1 fully saturated rings. The Labute approximate surface area is 203 Å². The summed E-state index contributed by atoms with van der Waals surface area (Å²) in [5, 5.41) is 6.19. The molecular formula is C22H28F3IN4O2. The third-order valence-corrected chi connectivity index (χ3v) is 4.86. The van der Waals surface area contributed by atoms with Crippen LogP contribution in [0.15, 0.2) is 53.5 Å². The molecule has 1 aliphatic rings. The van der Waals surface area contributed by atoms with Gasteiger partial charge in [-0.15, -0.1) is 37.1 Å². The lowest BCUT2D eigenvalue weighted by Crippen LogP contribution is -2.36. The molecule has 2 aromatic rings. The van der Waals surface area contributed by atoms with E-state index < -0.39 is 6.36 Å². The molecule has 0 unspecified atom stereocenters. The van der Waals surface area contributed by atoms with E-state index in [1.165, 1.54) is 17.7 Å². The summed E-state index contributed by atoms with van der Waals surface area (Å²) in [4.78, 5) is 6.49. The van der Waals surface area contributed by atoms with Gasteiger partial charge in [-0.2, -0.15) is 0 Å². The number of nitrogens with zero attached hydrogens (tertiary/aromatic N) is 2. The molecule has 0 aliphatic carbocycles. The van der Waals surface area contributed by atoms with Crippen LogP contribution in [0.2, 0.25) is 0 Å². The van der Waals surface area contributed by atoms with Gasteiger partial charge in [-0.3, -0.25) is 9.89 Å². The molecule has 176 valence electrons. The normalized spacial score (nSPS) is 15.1. The third kappa shape index (κ3) is 8.83. The molecule has 0 atom stereocenters. The van der Waals surface area contributed by atoms with Crippen molar-refractivity contribution in [3.05, 3.63) is 65.2 Å². The van der Waals surface area contributed by atoms with Gasteiger partial charge in [0, 0.05) is 45.3 Å². The molecule has 1 saturated heterocycles.